The van der Waals surface area contributed by atoms with E-state index in [0.717, 1.165) is 12.1 Å². The van der Waals surface area contributed by atoms with Gasteiger partial charge >= 0.3 is 0 Å². The van der Waals surface area contributed by atoms with Crippen LogP contribution in [0.4, 0.5) is 5.82 Å². The van der Waals surface area contributed by atoms with E-state index in [1.807, 2.05) is 26.8 Å². The summed E-state index contributed by atoms with van der Waals surface area (Å²) in [5.74, 6) is 1.38. The molecule has 0 bridgehead atoms. The third kappa shape index (κ3) is 4.09. The summed E-state index contributed by atoms with van der Waals surface area (Å²) in [4.78, 5) is 21.5. The van der Waals surface area contributed by atoms with Crippen molar-refractivity contribution < 1.29 is 14.3 Å². The first-order valence-corrected chi connectivity index (χ1v) is 9.99. The predicted molar refractivity (Wildman–Crippen MR) is 113 cm³/mol. The summed E-state index contributed by atoms with van der Waals surface area (Å²) in [5.41, 5.74) is 0.920. The van der Waals surface area contributed by atoms with Gasteiger partial charge in [-0.15, -0.1) is 0 Å². The van der Waals surface area contributed by atoms with Crippen LogP contribution in [-0.2, 0) is 5.41 Å². The Labute approximate surface area is 179 Å². The minimum Gasteiger partial charge on any atom is -0.489 e. The molecule has 2 aromatic heterocycles. The smallest absolute Gasteiger partial charge is 0.257 e. The number of fused-ring (bicyclic) bond motifs is 1. The van der Waals surface area contributed by atoms with E-state index < -0.39 is 0 Å². The molecule has 1 amide bonds. The van der Waals surface area contributed by atoms with E-state index >= 15 is 0 Å². The summed E-state index contributed by atoms with van der Waals surface area (Å²) in [5, 5.41) is 7.83. The number of rotatable bonds is 3. The van der Waals surface area contributed by atoms with Crippen LogP contribution >= 0.6 is 11.6 Å². The van der Waals surface area contributed by atoms with Crippen molar-refractivity contribution in [3.8, 4) is 17.4 Å². The summed E-state index contributed by atoms with van der Waals surface area (Å²) >= 11 is 6.34. The van der Waals surface area contributed by atoms with Crippen LogP contribution in [0.2, 0.25) is 5.02 Å². The molecule has 0 radical (unpaired) electrons. The number of ether oxygens (including phenoxy) is 2. The van der Waals surface area contributed by atoms with Crippen molar-refractivity contribution in [1.29, 1.82) is 0 Å². The molecule has 30 heavy (non-hydrogen) atoms. The lowest BCUT2D eigenvalue weighted by molar-refractivity contribution is 0.102. The fourth-order valence-electron chi connectivity index (χ4n) is 2.94. The molecule has 0 unspecified atom stereocenters. The molecule has 0 atom stereocenters. The first-order valence-electron chi connectivity index (χ1n) is 9.61. The topological polar surface area (TPSA) is 91.2 Å². The van der Waals surface area contributed by atoms with Crippen LogP contribution in [0.3, 0.4) is 0 Å². The van der Waals surface area contributed by atoms with E-state index in [1.54, 1.807) is 30.6 Å². The third-order valence-electron chi connectivity index (χ3n) is 4.53. The lowest BCUT2D eigenvalue weighted by Crippen LogP contribution is -2.16. The Morgan fingerprint density at radius 1 is 1.13 bits per heavy atom. The zero-order valence-corrected chi connectivity index (χ0v) is 17.7. The number of carbonyl (C=O) groups excluding carboxylic acids is 1. The first kappa shape index (κ1) is 20.2. The van der Waals surface area contributed by atoms with Gasteiger partial charge in [0, 0.05) is 35.9 Å². The first-order chi connectivity index (χ1) is 14.3. The van der Waals surface area contributed by atoms with Crippen molar-refractivity contribution in [2.45, 2.75) is 32.6 Å². The largest absolute Gasteiger partial charge is 0.489 e. The predicted octanol–water partition coefficient (Wildman–Crippen LogP) is 4.03. The molecule has 1 aliphatic rings. The van der Waals surface area contributed by atoms with E-state index in [4.69, 9.17) is 21.1 Å². The number of anilines is 1. The second-order valence-corrected chi connectivity index (χ2v) is 8.32. The Morgan fingerprint density at radius 3 is 2.60 bits per heavy atom. The zero-order chi connectivity index (χ0) is 21.3. The number of halogens is 1. The lowest BCUT2D eigenvalue weighted by Gasteiger charge is -2.13. The number of aromatic nitrogens is 4. The van der Waals surface area contributed by atoms with Crippen molar-refractivity contribution in [2.75, 3.05) is 18.5 Å². The number of nitrogens with zero attached hydrogens (tertiary/aromatic N) is 4. The van der Waals surface area contributed by atoms with Crippen LogP contribution in [0.25, 0.3) is 5.95 Å². The highest BCUT2D eigenvalue weighted by Gasteiger charge is 2.24. The Kier molecular flexibility index (Phi) is 5.34. The molecule has 0 fully saturated rings. The van der Waals surface area contributed by atoms with Crippen molar-refractivity contribution in [1.82, 2.24) is 19.7 Å². The molecule has 8 nitrogen and oxygen atoms in total. The lowest BCUT2D eigenvalue weighted by atomic mass is 9.92. The summed E-state index contributed by atoms with van der Waals surface area (Å²) < 4.78 is 12.8. The second kappa shape index (κ2) is 7.95. The SMILES string of the molecule is CC(C)(C)c1cc(NC(=O)c2cc(Cl)c3c(c2)OCCCO3)n(-c2ncccn2)n1. The monoisotopic (exact) mass is 427 g/mol. The number of carbonyl (C=O) groups is 1. The van der Waals surface area contributed by atoms with Crippen LogP contribution < -0.4 is 14.8 Å². The average Bonchev–Trinajstić information content (AvgIpc) is 2.99. The van der Waals surface area contributed by atoms with Crippen molar-refractivity contribution >= 4 is 23.3 Å². The van der Waals surface area contributed by atoms with Gasteiger partial charge in [-0.3, -0.25) is 4.79 Å². The summed E-state index contributed by atoms with van der Waals surface area (Å²) in [6.07, 6.45) is 3.99. The molecular weight excluding hydrogens is 406 g/mol. The maximum Gasteiger partial charge on any atom is 0.257 e. The van der Waals surface area contributed by atoms with Crippen molar-refractivity contribution in [3.05, 3.63) is 52.9 Å². The van der Waals surface area contributed by atoms with E-state index in [0.29, 0.717) is 47.1 Å². The normalized spacial score (nSPS) is 13.6. The molecular formula is C21H22ClN5O3. The molecule has 0 saturated carbocycles. The Balaban J connectivity index is 1.69. The molecule has 1 aliphatic heterocycles. The van der Waals surface area contributed by atoms with E-state index in [2.05, 4.69) is 20.4 Å². The van der Waals surface area contributed by atoms with Crippen molar-refractivity contribution in [3.63, 3.8) is 0 Å². The highest BCUT2D eigenvalue weighted by Crippen LogP contribution is 2.38. The zero-order valence-electron chi connectivity index (χ0n) is 17.0. The van der Waals surface area contributed by atoms with Crippen LogP contribution in [-0.4, -0.2) is 38.9 Å². The average molecular weight is 428 g/mol. The van der Waals surface area contributed by atoms with Gasteiger partial charge in [-0.05, 0) is 18.2 Å². The highest BCUT2D eigenvalue weighted by molar-refractivity contribution is 6.32. The number of benzene rings is 1. The van der Waals surface area contributed by atoms with E-state index in [9.17, 15) is 4.79 Å². The van der Waals surface area contributed by atoms with E-state index in [-0.39, 0.29) is 11.3 Å². The molecule has 4 rings (SSSR count). The van der Waals surface area contributed by atoms with Gasteiger partial charge in [-0.1, -0.05) is 32.4 Å². The Morgan fingerprint density at radius 2 is 1.87 bits per heavy atom. The summed E-state index contributed by atoms with van der Waals surface area (Å²) in [7, 11) is 0. The maximum atomic E-state index is 13.0. The number of nitrogens with one attached hydrogen (secondary N) is 1. The van der Waals surface area contributed by atoms with Gasteiger partial charge in [-0.2, -0.15) is 9.78 Å². The van der Waals surface area contributed by atoms with Gasteiger partial charge in [0.05, 0.1) is 23.9 Å². The van der Waals surface area contributed by atoms with Crippen LogP contribution in [0.1, 0.15) is 43.2 Å². The standard InChI is InChI=1S/C21H22ClN5O3/c1-21(2,3)16-12-17(27(26-16)20-23-6-4-7-24-20)25-19(28)13-10-14(22)18-15(11-13)29-8-5-9-30-18/h4,6-7,10-12H,5,8-9H2,1-3H3,(H,25,28). The van der Waals surface area contributed by atoms with Crippen LogP contribution in [0.5, 0.6) is 11.5 Å². The number of hydrogen-bond acceptors (Lipinski definition) is 6. The van der Waals surface area contributed by atoms with Gasteiger partial charge in [0.25, 0.3) is 11.9 Å². The van der Waals surface area contributed by atoms with Crippen LogP contribution in [0, 0.1) is 0 Å². The van der Waals surface area contributed by atoms with Gasteiger partial charge in [0.2, 0.25) is 0 Å². The molecule has 1 N–H and O–H groups in total. The quantitative estimate of drug-likeness (QED) is 0.678. The molecule has 9 heteroatoms. The molecule has 1 aromatic carbocycles. The maximum absolute atomic E-state index is 13.0. The molecule has 3 aromatic rings. The summed E-state index contributed by atoms with van der Waals surface area (Å²) in [6, 6.07) is 6.73. The number of hydrogen-bond donors (Lipinski definition) is 1. The van der Waals surface area contributed by atoms with Gasteiger partial charge in [0.15, 0.2) is 11.5 Å². The highest BCUT2D eigenvalue weighted by atomic mass is 35.5. The molecule has 3 heterocycles. The second-order valence-electron chi connectivity index (χ2n) is 7.92. The van der Waals surface area contributed by atoms with Gasteiger partial charge < -0.3 is 14.8 Å². The van der Waals surface area contributed by atoms with Crippen LogP contribution in [0.15, 0.2) is 36.7 Å². The van der Waals surface area contributed by atoms with Crippen molar-refractivity contribution in [2.24, 2.45) is 0 Å². The molecule has 0 saturated heterocycles. The van der Waals surface area contributed by atoms with E-state index in [1.165, 1.54) is 4.68 Å². The Bertz CT molecular complexity index is 1080. The molecule has 156 valence electrons. The van der Waals surface area contributed by atoms with Gasteiger partial charge in [-0.25, -0.2) is 9.97 Å². The molecule has 0 aliphatic carbocycles. The van der Waals surface area contributed by atoms with Gasteiger partial charge in [0.1, 0.15) is 5.82 Å². The summed E-state index contributed by atoms with van der Waals surface area (Å²) in [6.45, 7) is 7.15. The fraction of sp³-hybridized carbons (Fsp3) is 0.333. The third-order valence-corrected chi connectivity index (χ3v) is 4.81. The Hall–Kier alpha value is -3.13. The fourth-order valence-corrected chi connectivity index (χ4v) is 3.21. The minimum absolute atomic E-state index is 0.224. The number of amides is 1. The molecule has 0 spiro atoms. The minimum atomic E-state index is -0.356.